The maximum atomic E-state index is 5.71. The standard InChI is InChI=1S/C17H16BrN3/c18-15-5-3-14(4-6-15)17-11-20-12-21(17)10-9-13-1-7-16(19)8-2-13/h1-8,11-12H,9-10,19H2. The molecule has 106 valence electrons. The van der Waals surface area contributed by atoms with Crippen LogP contribution in [0.1, 0.15) is 5.56 Å². The van der Waals surface area contributed by atoms with Crippen LogP contribution in [-0.4, -0.2) is 9.55 Å². The molecule has 0 fully saturated rings. The van der Waals surface area contributed by atoms with Gasteiger partial charge in [0.2, 0.25) is 0 Å². The normalized spacial score (nSPS) is 10.7. The number of aryl methyl sites for hydroxylation is 2. The van der Waals surface area contributed by atoms with Gasteiger partial charge in [0.05, 0.1) is 18.2 Å². The first-order valence-corrected chi connectivity index (χ1v) is 7.62. The molecular weight excluding hydrogens is 326 g/mol. The second kappa shape index (κ2) is 6.14. The SMILES string of the molecule is Nc1ccc(CCn2cncc2-c2ccc(Br)cc2)cc1. The number of nitrogens with two attached hydrogens (primary N) is 1. The summed E-state index contributed by atoms with van der Waals surface area (Å²) in [7, 11) is 0. The average Bonchev–Trinajstić information content (AvgIpc) is 2.96. The van der Waals surface area contributed by atoms with E-state index in [0.29, 0.717) is 0 Å². The van der Waals surface area contributed by atoms with E-state index in [2.05, 4.69) is 49.7 Å². The van der Waals surface area contributed by atoms with Crippen LogP contribution in [0.5, 0.6) is 0 Å². The number of halogens is 1. The topological polar surface area (TPSA) is 43.8 Å². The van der Waals surface area contributed by atoms with Gasteiger partial charge in [-0.05, 0) is 41.8 Å². The number of nitrogens with zero attached hydrogens (tertiary/aromatic N) is 2. The Morgan fingerprint density at radius 2 is 1.71 bits per heavy atom. The molecule has 0 radical (unpaired) electrons. The van der Waals surface area contributed by atoms with E-state index in [1.54, 1.807) is 0 Å². The van der Waals surface area contributed by atoms with Crippen LogP contribution in [0.4, 0.5) is 5.69 Å². The van der Waals surface area contributed by atoms with E-state index in [0.717, 1.165) is 28.8 Å². The Hall–Kier alpha value is -2.07. The Morgan fingerprint density at radius 3 is 2.43 bits per heavy atom. The molecule has 0 aliphatic carbocycles. The van der Waals surface area contributed by atoms with E-state index in [1.807, 2.05) is 36.8 Å². The smallest absolute Gasteiger partial charge is 0.0951 e. The summed E-state index contributed by atoms with van der Waals surface area (Å²) < 4.78 is 3.26. The fourth-order valence-electron chi connectivity index (χ4n) is 2.29. The molecule has 2 aromatic carbocycles. The van der Waals surface area contributed by atoms with Gasteiger partial charge in [0.1, 0.15) is 0 Å². The first-order valence-electron chi connectivity index (χ1n) is 6.83. The molecule has 0 saturated carbocycles. The minimum absolute atomic E-state index is 0.803. The molecule has 0 aliphatic heterocycles. The summed E-state index contributed by atoms with van der Waals surface area (Å²) in [4.78, 5) is 4.28. The molecule has 0 amide bonds. The molecule has 3 rings (SSSR count). The second-order valence-electron chi connectivity index (χ2n) is 4.97. The molecular formula is C17H16BrN3. The lowest BCUT2D eigenvalue weighted by Gasteiger charge is -2.09. The lowest BCUT2D eigenvalue weighted by atomic mass is 10.1. The highest BCUT2D eigenvalue weighted by Gasteiger charge is 2.05. The zero-order valence-electron chi connectivity index (χ0n) is 11.5. The van der Waals surface area contributed by atoms with Gasteiger partial charge >= 0.3 is 0 Å². The molecule has 4 heteroatoms. The Labute approximate surface area is 132 Å². The minimum Gasteiger partial charge on any atom is -0.399 e. The van der Waals surface area contributed by atoms with Crippen LogP contribution in [0.15, 0.2) is 65.5 Å². The van der Waals surface area contributed by atoms with E-state index in [9.17, 15) is 0 Å². The van der Waals surface area contributed by atoms with Crippen molar-refractivity contribution >= 4 is 21.6 Å². The molecule has 1 heterocycles. The molecule has 21 heavy (non-hydrogen) atoms. The number of rotatable bonds is 4. The van der Waals surface area contributed by atoms with Crippen molar-refractivity contribution < 1.29 is 0 Å². The van der Waals surface area contributed by atoms with Gasteiger partial charge in [-0.3, -0.25) is 0 Å². The molecule has 0 atom stereocenters. The largest absolute Gasteiger partial charge is 0.399 e. The zero-order chi connectivity index (χ0) is 14.7. The molecule has 1 aromatic heterocycles. The molecule has 3 nitrogen and oxygen atoms in total. The van der Waals surface area contributed by atoms with Crippen LogP contribution in [0, 0.1) is 0 Å². The number of hydrogen-bond donors (Lipinski definition) is 1. The molecule has 0 bridgehead atoms. The van der Waals surface area contributed by atoms with Gasteiger partial charge in [-0.1, -0.05) is 40.2 Å². The molecule has 0 aliphatic rings. The molecule has 2 N–H and O–H groups in total. The monoisotopic (exact) mass is 341 g/mol. The summed E-state index contributed by atoms with van der Waals surface area (Å²) in [6.07, 6.45) is 4.75. The van der Waals surface area contributed by atoms with E-state index in [-0.39, 0.29) is 0 Å². The highest BCUT2D eigenvalue weighted by atomic mass is 79.9. The van der Waals surface area contributed by atoms with Crippen molar-refractivity contribution in [1.82, 2.24) is 9.55 Å². The van der Waals surface area contributed by atoms with Crippen molar-refractivity contribution in [3.8, 4) is 11.3 Å². The van der Waals surface area contributed by atoms with Crippen LogP contribution in [-0.2, 0) is 13.0 Å². The lowest BCUT2D eigenvalue weighted by Crippen LogP contribution is -2.02. The number of hydrogen-bond acceptors (Lipinski definition) is 2. The second-order valence-corrected chi connectivity index (χ2v) is 5.89. The number of nitrogen functional groups attached to an aromatic ring is 1. The molecule has 0 saturated heterocycles. The van der Waals surface area contributed by atoms with Gasteiger partial charge < -0.3 is 10.3 Å². The highest BCUT2D eigenvalue weighted by Crippen LogP contribution is 2.22. The number of anilines is 1. The maximum Gasteiger partial charge on any atom is 0.0951 e. The predicted octanol–water partition coefficient (Wildman–Crippen LogP) is 4.14. The average molecular weight is 342 g/mol. The van der Waals surface area contributed by atoms with E-state index in [1.165, 1.54) is 11.1 Å². The Bertz CT molecular complexity index is 715. The number of imidazole rings is 1. The van der Waals surface area contributed by atoms with Crippen molar-refractivity contribution in [2.24, 2.45) is 0 Å². The van der Waals surface area contributed by atoms with Crippen LogP contribution in [0.2, 0.25) is 0 Å². The zero-order valence-corrected chi connectivity index (χ0v) is 13.1. The minimum atomic E-state index is 0.803. The van der Waals surface area contributed by atoms with Crippen LogP contribution in [0.3, 0.4) is 0 Å². The fourth-order valence-corrected chi connectivity index (χ4v) is 2.56. The third-order valence-corrected chi connectivity index (χ3v) is 4.00. The van der Waals surface area contributed by atoms with Crippen molar-refractivity contribution in [2.75, 3.05) is 5.73 Å². The van der Waals surface area contributed by atoms with E-state index in [4.69, 9.17) is 5.73 Å². The summed E-state index contributed by atoms with van der Waals surface area (Å²) in [5.74, 6) is 0. The van der Waals surface area contributed by atoms with Gasteiger partial charge in [0.25, 0.3) is 0 Å². The van der Waals surface area contributed by atoms with Gasteiger partial charge in [-0.15, -0.1) is 0 Å². The number of aromatic nitrogens is 2. The van der Waals surface area contributed by atoms with Crippen molar-refractivity contribution in [2.45, 2.75) is 13.0 Å². The van der Waals surface area contributed by atoms with Gasteiger partial charge in [-0.2, -0.15) is 0 Å². The number of benzene rings is 2. The first-order chi connectivity index (χ1) is 10.2. The third-order valence-electron chi connectivity index (χ3n) is 3.47. The highest BCUT2D eigenvalue weighted by molar-refractivity contribution is 9.10. The summed E-state index contributed by atoms with van der Waals surface area (Å²) in [5, 5.41) is 0. The van der Waals surface area contributed by atoms with Crippen LogP contribution < -0.4 is 5.73 Å². The Kier molecular flexibility index (Phi) is 4.06. The molecule has 0 spiro atoms. The fraction of sp³-hybridized carbons (Fsp3) is 0.118. The van der Waals surface area contributed by atoms with E-state index >= 15 is 0 Å². The van der Waals surface area contributed by atoms with Crippen molar-refractivity contribution in [3.63, 3.8) is 0 Å². The van der Waals surface area contributed by atoms with Crippen LogP contribution in [0.25, 0.3) is 11.3 Å². The summed E-state index contributed by atoms with van der Waals surface area (Å²) in [5.41, 5.74) is 10.1. The van der Waals surface area contributed by atoms with E-state index < -0.39 is 0 Å². The van der Waals surface area contributed by atoms with Crippen molar-refractivity contribution in [1.29, 1.82) is 0 Å². The summed E-state index contributed by atoms with van der Waals surface area (Å²) >= 11 is 3.46. The van der Waals surface area contributed by atoms with Gasteiger partial charge in [0, 0.05) is 16.7 Å². The van der Waals surface area contributed by atoms with Crippen molar-refractivity contribution in [3.05, 3.63) is 71.1 Å². The van der Waals surface area contributed by atoms with Gasteiger partial charge in [-0.25, -0.2) is 4.98 Å². The first kappa shape index (κ1) is 13.9. The van der Waals surface area contributed by atoms with Crippen LogP contribution >= 0.6 is 15.9 Å². The molecule has 0 unspecified atom stereocenters. The Morgan fingerprint density at radius 1 is 1.00 bits per heavy atom. The summed E-state index contributed by atoms with van der Waals surface area (Å²) in [6.45, 7) is 0.898. The quantitative estimate of drug-likeness (QED) is 0.725. The molecule has 3 aromatic rings. The van der Waals surface area contributed by atoms with Gasteiger partial charge in [0.15, 0.2) is 0 Å². The summed E-state index contributed by atoms with van der Waals surface area (Å²) in [6, 6.07) is 16.3. The predicted molar refractivity (Wildman–Crippen MR) is 89.9 cm³/mol. The Balaban J connectivity index is 1.76. The lowest BCUT2D eigenvalue weighted by molar-refractivity contribution is 0.702. The third kappa shape index (κ3) is 3.34. The maximum absolute atomic E-state index is 5.71.